The van der Waals surface area contributed by atoms with E-state index < -0.39 is 0 Å². The van der Waals surface area contributed by atoms with Crippen LogP contribution >= 0.6 is 0 Å². The van der Waals surface area contributed by atoms with Gasteiger partial charge >= 0.3 is 0 Å². The second kappa shape index (κ2) is 5.60. The van der Waals surface area contributed by atoms with E-state index in [1.54, 1.807) is 18.6 Å². The van der Waals surface area contributed by atoms with Crippen LogP contribution in [0.5, 0.6) is 0 Å². The molecule has 0 radical (unpaired) electrons. The molecule has 0 saturated heterocycles. The lowest BCUT2D eigenvalue weighted by atomic mass is 10.1. The van der Waals surface area contributed by atoms with Crippen LogP contribution < -0.4 is 10.6 Å². The van der Waals surface area contributed by atoms with Crippen molar-refractivity contribution in [1.82, 2.24) is 20.2 Å². The van der Waals surface area contributed by atoms with E-state index in [-0.39, 0.29) is 5.54 Å². The molecule has 0 saturated carbocycles. The first-order valence-corrected chi connectivity index (χ1v) is 6.14. The molecule has 0 aliphatic heterocycles. The number of hydrogen-bond donors (Lipinski definition) is 2. The maximum absolute atomic E-state index is 4.36. The minimum Gasteiger partial charge on any atom is -0.364 e. The first-order valence-electron chi connectivity index (χ1n) is 6.14. The Labute approximate surface area is 112 Å². The average Bonchev–Trinajstić information content (AvgIpc) is 2.36. The zero-order valence-electron chi connectivity index (χ0n) is 11.4. The fraction of sp³-hybridized carbons (Fsp3) is 0.385. The van der Waals surface area contributed by atoms with Gasteiger partial charge in [0.1, 0.15) is 0 Å². The Bertz CT molecular complexity index is 520. The third kappa shape index (κ3) is 4.50. The Balaban J connectivity index is 1.99. The fourth-order valence-corrected chi connectivity index (χ4v) is 1.50. The lowest BCUT2D eigenvalue weighted by Gasteiger charge is -2.20. The van der Waals surface area contributed by atoms with Crippen molar-refractivity contribution >= 4 is 11.8 Å². The molecule has 0 aromatic carbocycles. The molecule has 0 fully saturated rings. The summed E-state index contributed by atoms with van der Waals surface area (Å²) in [5, 5.41) is 14.3. The smallest absolute Gasteiger partial charge is 0.244 e. The number of pyridine rings is 1. The highest BCUT2D eigenvalue weighted by molar-refractivity contribution is 5.39. The predicted octanol–water partition coefficient (Wildman–Crippen LogP) is 2.09. The maximum Gasteiger partial charge on any atom is 0.244 e. The molecule has 0 atom stereocenters. The molecule has 0 aliphatic rings. The molecule has 2 aromatic rings. The maximum atomic E-state index is 4.36. The van der Waals surface area contributed by atoms with Gasteiger partial charge in [0.05, 0.1) is 6.20 Å². The van der Waals surface area contributed by atoms with Crippen LogP contribution in [0.4, 0.5) is 11.8 Å². The van der Waals surface area contributed by atoms with Gasteiger partial charge < -0.3 is 10.6 Å². The van der Waals surface area contributed by atoms with Crippen molar-refractivity contribution in [2.45, 2.75) is 32.9 Å². The Hall–Kier alpha value is -2.24. The first-order chi connectivity index (χ1) is 9.03. The lowest BCUT2D eigenvalue weighted by Crippen LogP contribution is -2.27. The molecule has 0 bridgehead atoms. The number of aromatic nitrogens is 4. The summed E-state index contributed by atoms with van der Waals surface area (Å²) in [6.45, 7) is 6.85. The molecule has 0 unspecified atom stereocenters. The van der Waals surface area contributed by atoms with E-state index in [1.165, 1.54) is 0 Å². The van der Waals surface area contributed by atoms with Crippen LogP contribution in [-0.4, -0.2) is 25.7 Å². The van der Waals surface area contributed by atoms with Crippen LogP contribution in [0, 0.1) is 0 Å². The Morgan fingerprint density at radius 1 is 1.16 bits per heavy atom. The summed E-state index contributed by atoms with van der Waals surface area (Å²) in [7, 11) is 0. The molecule has 0 amide bonds. The SMILES string of the molecule is CC(C)(C)Nc1cnnc(NCc2ccncc2)n1. The molecular formula is C13H18N6. The van der Waals surface area contributed by atoms with Crippen molar-refractivity contribution in [3.8, 4) is 0 Å². The number of rotatable bonds is 4. The van der Waals surface area contributed by atoms with Crippen molar-refractivity contribution in [3.63, 3.8) is 0 Å². The second-order valence-electron chi connectivity index (χ2n) is 5.25. The highest BCUT2D eigenvalue weighted by atomic mass is 15.3. The van der Waals surface area contributed by atoms with E-state index in [0.717, 1.165) is 5.56 Å². The summed E-state index contributed by atoms with van der Waals surface area (Å²) >= 11 is 0. The largest absolute Gasteiger partial charge is 0.364 e. The molecule has 2 heterocycles. The van der Waals surface area contributed by atoms with Crippen LogP contribution in [0.3, 0.4) is 0 Å². The van der Waals surface area contributed by atoms with Gasteiger partial charge in [0, 0.05) is 24.5 Å². The topological polar surface area (TPSA) is 75.6 Å². The molecule has 6 nitrogen and oxygen atoms in total. The van der Waals surface area contributed by atoms with Gasteiger partial charge in [-0.3, -0.25) is 4.98 Å². The standard InChI is InChI=1S/C13H18N6/c1-13(2,3)18-11-9-16-19-12(17-11)15-8-10-4-6-14-7-5-10/h4-7,9H,8H2,1-3H3,(H2,15,17,18,19). The highest BCUT2D eigenvalue weighted by Gasteiger charge is 2.11. The van der Waals surface area contributed by atoms with E-state index >= 15 is 0 Å². The van der Waals surface area contributed by atoms with Gasteiger partial charge in [-0.2, -0.15) is 10.1 Å². The molecular weight excluding hydrogens is 240 g/mol. The van der Waals surface area contributed by atoms with Crippen molar-refractivity contribution in [1.29, 1.82) is 0 Å². The average molecular weight is 258 g/mol. The van der Waals surface area contributed by atoms with Gasteiger partial charge in [-0.15, -0.1) is 5.10 Å². The molecule has 100 valence electrons. The lowest BCUT2D eigenvalue weighted by molar-refractivity contribution is 0.629. The normalized spacial score (nSPS) is 11.1. The van der Waals surface area contributed by atoms with Crippen LogP contribution in [0.15, 0.2) is 30.7 Å². The van der Waals surface area contributed by atoms with Gasteiger partial charge in [0.15, 0.2) is 5.82 Å². The number of nitrogens with one attached hydrogen (secondary N) is 2. The number of anilines is 2. The third-order valence-corrected chi connectivity index (χ3v) is 2.26. The first kappa shape index (κ1) is 13.2. The van der Waals surface area contributed by atoms with Crippen molar-refractivity contribution < 1.29 is 0 Å². The zero-order chi connectivity index (χ0) is 13.7. The summed E-state index contributed by atoms with van der Waals surface area (Å²) in [6, 6.07) is 3.88. The summed E-state index contributed by atoms with van der Waals surface area (Å²) in [6.07, 6.45) is 5.13. The minimum absolute atomic E-state index is 0.0571. The molecule has 2 N–H and O–H groups in total. The summed E-state index contributed by atoms with van der Waals surface area (Å²) in [4.78, 5) is 8.34. The number of nitrogens with zero attached hydrogens (tertiary/aromatic N) is 4. The quantitative estimate of drug-likeness (QED) is 0.874. The monoisotopic (exact) mass is 258 g/mol. The van der Waals surface area contributed by atoms with Crippen molar-refractivity contribution in [3.05, 3.63) is 36.3 Å². The van der Waals surface area contributed by atoms with Gasteiger partial charge in [0.25, 0.3) is 0 Å². The molecule has 0 aliphatic carbocycles. The molecule has 2 aromatic heterocycles. The molecule has 19 heavy (non-hydrogen) atoms. The molecule has 6 heteroatoms. The Kier molecular flexibility index (Phi) is 3.89. The van der Waals surface area contributed by atoms with Gasteiger partial charge in [-0.1, -0.05) is 0 Å². The molecule has 0 spiro atoms. The Morgan fingerprint density at radius 3 is 2.58 bits per heavy atom. The highest BCUT2D eigenvalue weighted by Crippen LogP contribution is 2.12. The number of hydrogen-bond acceptors (Lipinski definition) is 6. The van der Waals surface area contributed by atoms with Gasteiger partial charge in [-0.25, -0.2) is 0 Å². The van der Waals surface area contributed by atoms with Crippen LogP contribution in [-0.2, 0) is 6.54 Å². The van der Waals surface area contributed by atoms with Crippen LogP contribution in [0.25, 0.3) is 0 Å². The van der Waals surface area contributed by atoms with E-state index in [0.29, 0.717) is 18.3 Å². The van der Waals surface area contributed by atoms with Crippen LogP contribution in [0.2, 0.25) is 0 Å². The predicted molar refractivity (Wildman–Crippen MR) is 74.8 cm³/mol. The summed E-state index contributed by atoms with van der Waals surface area (Å²) in [5.74, 6) is 1.21. The van der Waals surface area contributed by atoms with Crippen molar-refractivity contribution in [2.24, 2.45) is 0 Å². The van der Waals surface area contributed by atoms with E-state index in [4.69, 9.17) is 0 Å². The Morgan fingerprint density at radius 2 is 1.89 bits per heavy atom. The van der Waals surface area contributed by atoms with Gasteiger partial charge in [0.2, 0.25) is 5.95 Å². The van der Waals surface area contributed by atoms with E-state index in [1.807, 2.05) is 12.1 Å². The van der Waals surface area contributed by atoms with E-state index in [2.05, 4.69) is 51.6 Å². The van der Waals surface area contributed by atoms with E-state index in [9.17, 15) is 0 Å². The minimum atomic E-state index is -0.0571. The zero-order valence-corrected chi connectivity index (χ0v) is 11.4. The van der Waals surface area contributed by atoms with Gasteiger partial charge in [-0.05, 0) is 38.5 Å². The summed E-state index contributed by atoms with van der Waals surface area (Å²) in [5.41, 5.74) is 1.06. The van der Waals surface area contributed by atoms with Crippen LogP contribution in [0.1, 0.15) is 26.3 Å². The molecule has 2 rings (SSSR count). The fourth-order valence-electron chi connectivity index (χ4n) is 1.50. The third-order valence-electron chi connectivity index (χ3n) is 2.26. The second-order valence-corrected chi connectivity index (χ2v) is 5.25. The van der Waals surface area contributed by atoms with Crippen molar-refractivity contribution in [2.75, 3.05) is 10.6 Å². The summed E-state index contributed by atoms with van der Waals surface area (Å²) < 4.78 is 0.